The number of aromatic nitrogens is 2. The summed E-state index contributed by atoms with van der Waals surface area (Å²) in [6.07, 6.45) is 4.36. The van der Waals surface area contributed by atoms with E-state index in [1.807, 2.05) is 24.3 Å². The molecular weight excluding hydrogens is 486 g/mol. The van der Waals surface area contributed by atoms with Gasteiger partial charge in [0.05, 0.1) is 0 Å². The molecule has 0 amide bonds. The number of likely N-dealkylation sites (tertiary alicyclic amines) is 1. The van der Waals surface area contributed by atoms with Gasteiger partial charge in [0.2, 0.25) is 11.7 Å². The van der Waals surface area contributed by atoms with Crippen LogP contribution in [0.15, 0.2) is 93.9 Å². The summed E-state index contributed by atoms with van der Waals surface area (Å²) in [4.78, 5) is 7.27. The summed E-state index contributed by atoms with van der Waals surface area (Å²) >= 11 is 3.51. The minimum Gasteiger partial charge on any atom is -0.339 e. The Balaban J connectivity index is 1.14. The van der Waals surface area contributed by atoms with Crippen LogP contribution in [0.2, 0.25) is 0 Å². The highest BCUT2D eigenvalue weighted by molar-refractivity contribution is 9.10. The number of nitrogens with zero attached hydrogens (tertiary/aromatic N) is 3. The summed E-state index contributed by atoms with van der Waals surface area (Å²) in [6, 6.07) is 29.9. The van der Waals surface area contributed by atoms with Crippen molar-refractivity contribution in [1.29, 1.82) is 0 Å². The summed E-state index contributed by atoms with van der Waals surface area (Å²) in [6.45, 7) is 3.38. The van der Waals surface area contributed by atoms with Gasteiger partial charge in [-0.05, 0) is 68.1 Å². The first-order valence-electron chi connectivity index (χ1n) is 12.2. The van der Waals surface area contributed by atoms with Crippen molar-refractivity contribution in [3.8, 4) is 11.4 Å². The molecule has 0 radical (unpaired) electrons. The molecule has 1 fully saturated rings. The zero-order valence-electron chi connectivity index (χ0n) is 19.3. The Morgan fingerprint density at radius 3 is 2.21 bits per heavy atom. The van der Waals surface area contributed by atoms with Gasteiger partial charge in [0, 0.05) is 22.4 Å². The molecular formula is C29H30BrN3O. The highest BCUT2D eigenvalue weighted by Gasteiger charge is 2.23. The summed E-state index contributed by atoms with van der Waals surface area (Å²) < 4.78 is 6.59. The van der Waals surface area contributed by atoms with Crippen LogP contribution in [0, 0.1) is 5.92 Å². The number of hydrogen-bond donors (Lipinski definition) is 0. The molecule has 3 aromatic carbocycles. The molecule has 4 aromatic rings. The van der Waals surface area contributed by atoms with Crippen LogP contribution in [0.4, 0.5) is 0 Å². The van der Waals surface area contributed by atoms with Crippen molar-refractivity contribution in [3.63, 3.8) is 0 Å². The number of benzene rings is 3. The van der Waals surface area contributed by atoms with Crippen LogP contribution in [0.3, 0.4) is 0 Å². The van der Waals surface area contributed by atoms with E-state index in [9.17, 15) is 0 Å². The second-order valence-corrected chi connectivity index (χ2v) is 10.1. The first kappa shape index (κ1) is 23.0. The lowest BCUT2D eigenvalue weighted by Crippen LogP contribution is -2.35. The Hall–Kier alpha value is -2.76. The van der Waals surface area contributed by atoms with Crippen LogP contribution in [-0.4, -0.2) is 34.7 Å². The molecule has 174 valence electrons. The molecule has 0 spiro atoms. The van der Waals surface area contributed by atoms with E-state index in [4.69, 9.17) is 4.52 Å². The number of piperidine rings is 1. The number of halogens is 1. The lowest BCUT2D eigenvalue weighted by Gasteiger charge is -2.32. The Kier molecular flexibility index (Phi) is 7.52. The SMILES string of the molecule is Brc1cccc(-c2noc(CC3CCN(CCC(c4ccccc4)c4ccccc4)CC3)n2)c1. The molecule has 0 saturated carbocycles. The highest BCUT2D eigenvalue weighted by Crippen LogP contribution is 2.29. The zero-order valence-corrected chi connectivity index (χ0v) is 20.9. The van der Waals surface area contributed by atoms with Crippen LogP contribution in [0.5, 0.6) is 0 Å². The summed E-state index contributed by atoms with van der Waals surface area (Å²) in [5.74, 6) is 2.46. The molecule has 34 heavy (non-hydrogen) atoms. The fraction of sp³-hybridized carbons (Fsp3) is 0.310. The van der Waals surface area contributed by atoms with Crippen LogP contribution >= 0.6 is 15.9 Å². The molecule has 1 aliphatic rings. The van der Waals surface area contributed by atoms with Crippen molar-refractivity contribution in [2.24, 2.45) is 5.92 Å². The van der Waals surface area contributed by atoms with E-state index in [1.54, 1.807) is 0 Å². The average Bonchev–Trinajstić information content (AvgIpc) is 3.35. The maximum absolute atomic E-state index is 5.58. The molecule has 1 aromatic heterocycles. The molecule has 0 aliphatic carbocycles. The molecule has 0 N–H and O–H groups in total. The van der Waals surface area contributed by atoms with E-state index >= 15 is 0 Å². The van der Waals surface area contributed by atoms with Gasteiger partial charge >= 0.3 is 0 Å². The van der Waals surface area contributed by atoms with Gasteiger partial charge in [-0.3, -0.25) is 0 Å². The van der Waals surface area contributed by atoms with E-state index < -0.39 is 0 Å². The Morgan fingerprint density at radius 2 is 1.56 bits per heavy atom. The van der Waals surface area contributed by atoms with Crippen molar-refractivity contribution < 1.29 is 4.52 Å². The van der Waals surface area contributed by atoms with Crippen molar-refractivity contribution in [2.45, 2.75) is 31.6 Å². The van der Waals surface area contributed by atoms with Gasteiger partial charge in [0.25, 0.3) is 0 Å². The topological polar surface area (TPSA) is 42.2 Å². The molecule has 0 bridgehead atoms. The van der Waals surface area contributed by atoms with Gasteiger partial charge < -0.3 is 9.42 Å². The van der Waals surface area contributed by atoms with Crippen LogP contribution in [0.1, 0.15) is 42.2 Å². The fourth-order valence-electron chi connectivity index (χ4n) is 4.95. The van der Waals surface area contributed by atoms with E-state index in [-0.39, 0.29) is 0 Å². The maximum atomic E-state index is 5.58. The second-order valence-electron chi connectivity index (χ2n) is 9.17. The van der Waals surface area contributed by atoms with Crippen molar-refractivity contribution in [1.82, 2.24) is 15.0 Å². The number of hydrogen-bond acceptors (Lipinski definition) is 4. The van der Waals surface area contributed by atoms with E-state index in [0.29, 0.717) is 17.7 Å². The molecule has 5 heteroatoms. The third-order valence-corrected chi connectivity index (χ3v) is 7.35. The van der Waals surface area contributed by atoms with Crippen molar-refractivity contribution >= 4 is 15.9 Å². The molecule has 0 unspecified atom stereocenters. The Morgan fingerprint density at radius 1 is 0.882 bits per heavy atom. The van der Waals surface area contributed by atoms with Gasteiger partial charge in [0.15, 0.2) is 0 Å². The normalized spacial score (nSPS) is 15.1. The van der Waals surface area contributed by atoms with Gasteiger partial charge in [-0.25, -0.2) is 0 Å². The van der Waals surface area contributed by atoms with Crippen LogP contribution in [-0.2, 0) is 6.42 Å². The van der Waals surface area contributed by atoms with Crippen LogP contribution < -0.4 is 0 Å². The average molecular weight is 516 g/mol. The van der Waals surface area contributed by atoms with Gasteiger partial charge in [-0.1, -0.05) is 93.9 Å². The monoisotopic (exact) mass is 515 g/mol. The third-order valence-electron chi connectivity index (χ3n) is 6.86. The van der Waals surface area contributed by atoms with E-state index in [2.05, 4.69) is 91.6 Å². The van der Waals surface area contributed by atoms with E-state index in [0.717, 1.165) is 48.4 Å². The molecule has 5 rings (SSSR count). The molecule has 1 saturated heterocycles. The van der Waals surface area contributed by atoms with Crippen molar-refractivity contribution in [2.75, 3.05) is 19.6 Å². The molecule has 4 nitrogen and oxygen atoms in total. The first-order valence-corrected chi connectivity index (χ1v) is 12.9. The quantitative estimate of drug-likeness (QED) is 0.254. The second kappa shape index (κ2) is 11.1. The Labute approximate surface area is 210 Å². The maximum Gasteiger partial charge on any atom is 0.227 e. The predicted molar refractivity (Wildman–Crippen MR) is 140 cm³/mol. The largest absolute Gasteiger partial charge is 0.339 e. The summed E-state index contributed by atoms with van der Waals surface area (Å²) in [5, 5.41) is 4.20. The van der Waals surface area contributed by atoms with Gasteiger partial charge in [-0.2, -0.15) is 4.98 Å². The van der Waals surface area contributed by atoms with E-state index in [1.165, 1.54) is 24.0 Å². The Bertz CT molecular complexity index is 1130. The minimum atomic E-state index is 0.440. The smallest absolute Gasteiger partial charge is 0.227 e. The highest BCUT2D eigenvalue weighted by atomic mass is 79.9. The fourth-order valence-corrected chi connectivity index (χ4v) is 5.35. The molecule has 0 atom stereocenters. The van der Waals surface area contributed by atoms with Gasteiger partial charge in [0.1, 0.15) is 0 Å². The molecule has 1 aliphatic heterocycles. The summed E-state index contributed by atoms with van der Waals surface area (Å²) in [5.41, 5.74) is 3.79. The van der Waals surface area contributed by atoms with Crippen molar-refractivity contribution in [3.05, 3.63) is 106 Å². The lowest BCUT2D eigenvalue weighted by molar-refractivity contribution is 0.174. The predicted octanol–water partition coefficient (Wildman–Crippen LogP) is 6.98. The third kappa shape index (κ3) is 5.83. The zero-order chi connectivity index (χ0) is 23.2. The van der Waals surface area contributed by atoms with Gasteiger partial charge in [-0.15, -0.1) is 0 Å². The number of rotatable bonds is 8. The minimum absolute atomic E-state index is 0.440. The molecule has 2 heterocycles. The van der Waals surface area contributed by atoms with Crippen LogP contribution in [0.25, 0.3) is 11.4 Å². The standard InChI is InChI=1S/C29H30BrN3O/c30-26-13-7-12-25(21-26)29-31-28(34-32-29)20-22-14-17-33(18-15-22)19-16-27(23-8-3-1-4-9-23)24-10-5-2-6-11-24/h1-13,21-22,27H,14-20H2. The first-order chi connectivity index (χ1) is 16.7. The lowest BCUT2D eigenvalue weighted by atomic mass is 9.87. The summed E-state index contributed by atoms with van der Waals surface area (Å²) in [7, 11) is 0.